The van der Waals surface area contributed by atoms with Gasteiger partial charge in [0, 0.05) is 19.3 Å². The van der Waals surface area contributed by atoms with Crippen molar-refractivity contribution in [2.24, 2.45) is 0 Å². The molecule has 0 amide bonds. The van der Waals surface area contributed by atoms with Gasteiger partial charge in [-0.15, -0.1) is 0 Å². The van der Waals surface area contributed by atoms with E-state index in [0.29, 0.717) is 45.1 Å². The van der Waals surface area contributed by atoms with Gasteiger partial charge in [0.25, 0.3) is 0 Å². The van der Waals surface area contributed by atoms with Crippen molar-refractivity contribution in [3.8, 4) is 0 Å². The van der Waals surface area contributed by atoms with Crippen molar-refractivity contribution in [3.05, 3.63) is 29.6 Å². The number of hydrogen-bond donors (Lipinski definition) is 1. The molecular formula is C14H22FNO3. The van der Waals surface area contributed by atoms with Crippen molar-refractivity contribution in [2.45, 2.75) is 6.92 Å². The highest BCUT2D eigenvalue weighted by atomic mass is 19.1. The molecule has 19 heavy (non-hydrogen) atoms. The van der Waals surface area contributed by atoms with E-state index in [2.05, 4.69) is 5.32 Å². The molecule has 1 aromatic carbocycles. The van der Waals surface area contributed by atoms with Crippen LogP contribution >= 0.6 is 0 Å². The quantitative estimate of drug-likeness (QED) is 0.662. The fourth-order valence-electron chi connectivity index (χ4n) is 1.49. The molecule has 108 valence electrons. The minimum Gasteiger partial charge on any atom is -0.383 e. The molecule has 0 radical (unpaired) electrons. The van der Waals surface area contributed by atoms with Gasteiger partial charge >= 0.3 is 0 Å². The zero-order valence-corrected chi connectivity index (χ0v) is 11.6. The van der Waals surface area contributed by atoms with Crippen LogP contribution in [0.2, 0.25) is 0 Å². The highest BCUT2D eigenvalue weighted by molar-refractivity contribution is 5.45. The largest absolute Gasteiger partial charge is 0.383 e. The van der Waals surface area contributed by atoms with E-state index < -0.39 is 0 Å². The predicted octanol–water partition coefficient (Wildman–Crippen LogP) is 2.23. The predicted molar refractivity (Wildman–Crippen MR) is 73.1 cm³/mol. The number of ether oxygens (including phenoxy) is 3. The Morgan fingerprint density at radius 3 is 2.42 bits per heavy atom. The zero-order valence-electron chi connectivity index (χ0n) is 11.6. The lowest BCUT2D eigenvalue weighted by atomic mass is 10.2. The molecule has 0 bridgehead atoms. The van der Waals surface area contributed by atoms with Crippen molar-refractivity contribution in [1.82, 2.24) is 0 Å². The van der Waals surface area contributed by atoms with Crippen molar-refractivity contribution in [1.29, 1.82) is 0 Å². The highest BCUT2D eigenvalue weighted by Crippen LogP contribution is 2.12. The molecule has 1 rings (SSSR count). The SMILES string of the molecule is COCCOCCOCCNc1ccc(F)c(C)c1. The van der Waals surface area contributed by atoms with Gasteiger partial charge in [-0.2, -0.15) is 0 Å². The topological polar surface area (TPSA) is 39.7 Å². The lowest BCUT2D eigenvalue weighted by Gasteiger charge is -2.08. The van der Waals surface area contributed by atoms with E-state index >= 15 is 0 Å². The average Bonchev–Trinajstić information content (AvgIpc) is 2.41. The Morgan fingerprint density at radius 2 is 1.74 bits per heavy atom. The summed E-state index contributed by atoms with van der Waals surface area (Å²) in [5.41, 5.74) is 1.54. The number of aryl methyl sites for hydroxylation is 1. The minimum absolute atomic E-state index is 0.185. The second kappa shape index (κ2) is 9.72. The number of hydrogen-bond acceptors (Lipinski definition) is 4. The van der Waals surface area contributed by atoms with E-state index in [0.717, 1.165) is 5.69 Å². The molecule has 0 unspecified atom stereocenters. The van der Waals surface area contributed by atoms with Gasteiger partial charge in [-0.25, -0.2) is 4.39 Å². The Labute approximate surface area is 113 Å². The number of benzene rings is 1. The van der Waals surface area contributed by atoms with Gasteiger partial charge in [-0.05, 0) is 30.7 Å². The van der Waals surface area contributed by atoms with Crippen LogP contribution in [-0.4, -0.2) is 46.7 Å². The summed E-state index contributed by atoms with van der Waals surface area (Å²) in [6.45, 7) is 5.34. The van der Waals surface area contributed by atoms with E-state index in [9.17, 15) is 4.39 Å². The van der Waals surface area contributed by atoms with Gasteiger partial charge in [0.05, 0.1) is 33.0 Å². The van der Waals surface area contributed by atoms with Gasteiger partial charge in [-0.1, -0.05) is 0 Å². The second-order valence-electron chi connectivity index (χ2n) is 4.11. The van der Waals surface area contributed by atoms with Crippen LogP contribution in [-0.2, 0) is 14.2 Å². The maximum absolute atomic E-state index is 13.0. The Morgan fingerprint density at radius 1 is 1.05 bits per heavy atom. The molecule has 0 fully saturated rings. The van der Waals surface area contributed by atoms with Gasteiger partial charge in [0.15, 0.2) is 0 Å². The number of halogens is 1. The number of methoxy groups -OCH3 is 1. The van der Waals surface area contributed by atoms with Crippen molar-refractivity contribution in [2.75, 3.05) is 52.0 Å². The Hall–Kier alpha value is -1.17. The summed E-state index contributed by atoms with van der Waals surface area (Å²) in [7, 11) is 1.64. The molecule has 0 heterocycles. The van der Waals surface area contributed by atoms with Gasteiger partial charge in [0.2, 0.25) is 0 Å². The first-order valence-electron chi connectivity index (χ1n) is 6.38. The highest BCUT2D eigenvalue weighted by Gasteiger charge is 1.98. The first-order valence-corrected chi connectivity index (χ1v) is 6.38. The van der Waals surface area contributed by atoms with Crippen molar-refractivity contribution >= 4 is 5.69 Å². The summed E-state index contributed by atoms with van der Waals surface area (Å²) >= 11 is 0. The maximum atomic E-state index is 13.0. The lowest BCUT2D eigenvalue weighted by molar-refractivity contribution is 0.0272. The Balaban J connectivity index is 2.00. The molecule has 0 aliphatic rings. The van der Waals surface area contributed by atoms with Crippen LogP contribution in [0.15, 0.2) is 18.2 Å². The fourth-order valence-corrected chi connectivity index (χ4v) is 1.49. The zero-order chi connectivity index (χ0) is 13.9. The van der Waals surface area contributed by atoms with E-state index in [1.54, 1.807) is 26.2 Å². The molecule has 0 spiro atoms. The first-order chi connectivity index (χ1) is 9.24. The summed E-state index contributed by atoms with van der Waals surface area (Å²) in [4.78, 5) is 0. The molecule has 0 aromatic heterocycles. The molecule has 1 aromatic rings. The van der Waals surface area contributed by atoms with Crippen LogP contribution in [0.1, 0.15) is 5.56 Å². The van der Waals surface area contributed by atoms with Crippen LogP contribution in [0, 0.1) is 12.7 Å². The molecule has 0 aliphatic carbocycles. The fraction of sp³-hybridized carbons (Fsp3) is 0.571. The first kappa shape index (κ1) is 15.9. The number of anilines is 1. The number of rotatable bonds is 10. The standard InChI is InChI=1S/C14H22FNO3/c1-12-11-13(3-4-14(12)15)16-5-6-18-9-10-19-8-7-17-2/h3-4,11,16H,5-10H2,1-2H3. The molecule has 5 heteroatoms. The molecule has 1 N–H and O–H groups in total. The molecule has 0 saturated heterocycles. The van der Waals surface area contributed by atoms with E-state index in [1.807, 2.05) is 0 Å². The van der Waals surface area contributed by atoms with E-state index in [4.69, 9.17) is 14.2 Å². The van der Waals surface area contributed by atoms with Gasteiger partial charge in [0.1, 0.15) is 5.82 Å². The summed E-state index contributed by atoms with van der Waals surface area (Å²) in [6.07, 6.45) is 0. The molecule has 4 nitrogen and oxygen atoms in total. The molecule has 0 saturated carbocycles. The molecule has 0 atom stereocenters. The smallest absolute Gasteiger partial charge is 0.126 e. The van der Waals surface area contributed by atoms with Gasteiger partial charge < -0.3 is 19.5 Å². The van der Waals surface area contributed by atoms with Crippen molar-refractivity contribution in [3.63, 3.8) is 0 Å². The van der Waals surface area contributed by atoms with E-state index in [-0.39, 0.29) is 5.82 Å². The van der Waals surface area contributed by atoms with Gasteiger partial charge in [-0.3, -0.25) is 0 Å². The van der Waals surface area contributed by atoms with E-state index in [1.165, 1.54) is 6.07 Å². The lowest BCUT2D eigenvalue weighted by Crippen LogP contribution is -2.13. The Kier molecular flexibility index (Phi) is 8.13. The van der Waals surface area contributed by atoms with Crippen LogP contribution in [0.5, 0.6) is 0 Å². The third-order valence-electron chi connectivity index (χ3n) is 2.54. The summed E-state index contributed by atoms with van der Waals surface area (Å²) in [6, 6.07) is 4.96. The normalized spacial score (nSPS) is 10.7. The van der Waals surface area contributed by atoms with Crippen LogP contribution < -0.4 is 5.32 Å². The number of nitrogens with one attached hydrogen (secondary N) is 1. The maximum Gasteiger partial charge on any atom is 0.126 e. The molecular weight excluding hydrogens is 249 g/mol. The summed E-state index contributed by atoms with van der Waals surface area (Å²) < 4.78 is 28.5. The summed E-state index contributed by atoms with van der Waals surface area (Å²) in [5, 5.41) is 3.17. The third-order valence-corrected chi connectivity index (χ3v) is 2.54. The molecule has 0 aliphatic heterocycles. The van der Waals surface area contributed by atoms with Crippen LogP contribution in [0.4, 0.5) is 10.1 Å². The van der Waals surface area contributed by atoms with Crippen molar-refractivity contribution < 1.29 is 18.6 Å². The summed E-state index contributed by atoms with van der Waals surface area (Å²) in [5.74, 6) is -0.185. The van der Waals surface area contributed by atoms with Crippen LogP contribution in [0.3, 0.4) is 0 Å². The minimum atomic E-state index is -0.185. The average molecular weight is 271 g/mol. The monoisotopic (exact) mass is 271 g/mol. The Bertz CT molecular complexity index is 361. The second-order valence-corrected chi connectivity index (χ2v) is 4.11. The van der Waals surface area contributed by atoms with Crippen LogP contribution in [0.25, 0.3) is 0 Å². The third kappa shape index (κ3) is 7.10.